The van der Waals surface area contributed by atoms with E-state index in [-0.39, 0.29) is 12.0 Å². The second-order valence-electron chi connectivity index (χ2n) is 6.26. The lowest BCUT2D eigenvalue weighted by Gasteiger charge is -2.13. The van der Waals surface area contributed by atoms with E-state index in [1.54, 1.807) is 48.6 Å². The third-order valence-corrected chi connectivity index (χ3v) is 3.73. The molecule has 3 aromatic rings. The number of amides is 1. The molecule has 28 heavy (non-hydrogen) atoms. The lowest BCUT2D eigenvalue weighted by atomic mass is 10.2. The molecule has 0 unspecified atom stereocenters. The van der Waals surface area contributed by atoms with Gasteiger partial charge in [-0.15, -0.1) is 0 Å². The Labute approximate surface area is 163 Å². The Morgan fingerprint density at radius 1 is 1.21 bits per heavy atom. The first kappa shape index (κ1) is 19.2. The van der Waals surface area contributed by atoms with Crippen LogP contribution in [-0.4, -0.2) is 33.9 Å². The average molecular weight is 378 g/mol. The SMILES string of the molecule is COc1cc(/C=C/C(=O)Nc2ccc(-n3cccn3)nc2)ccc1OC(C)C. The van der Waals surface area contributed by atoms with Crippen LogP contribution in [0.5, 0.6) is 11.5 Å². The van der Waals surface area contributed by atoms with Crippen LogP contribution in [-0.2, 0) is 4.79 Å². The minimum atomic E-state index is -0.255. The number of hydrogen-bond acceptors (Lipinski definition) is 5. The fourth-order valence-corrected chi connectivity index (χ4v) is 2.49. The molecule has 0 bridgehead atoms. The Kier molecular flexibility index (Phi) is 6.06. The van der Waals surface area contributed by atoms with Gasteiger partial charge in [0.05, 0.1) is 25.1 Å². The molecule has 1 aromatic carbocycles. The first-order chi connectivity index (χ1) is 13.5. The van der Waals surface area contributed by atoms with Gasteiger partial charge >= 0.3 is 0 Å². The van der Waals surface area contributed by atoms with Crippen LogP contribution in [0.15, 0.2) is 61.1 Å². The van der Waals surface area contributed by atoms with Crippen molar-refractivity contribution in [1.82, 2.24) is 14.8 Å². The van der Waals surface area contributed by atoms with Crippen molar-refractivity contribution in [1.29, 1.82) is 0 Å². The molecule has 0 radical (unpaired) electrons. The van der Waals surface area contributed by atoms with E-state index in [1.165, 1.54) is 6.08 Å². The third-order valence-electron chi connectivity index (χ3n) is 3.73. The van der Waals surface area contributed by atoms with Crippen LogP contribution in [0.25, 0.3) is 11.9 Å². The Morgan fingerprint density at radius 2 is 2.07 bits per heavy atom. The topological polar surface area (TPSA) is 78.3 Å². The molecule has 1 amide bonds. The highest BCUT2D eigenvalue weighted by Crippen LogP contribution is 2.29. The van der Waals surface area contributed by atoms with Crippen molar-refractivity contribution in [3.8, 4) is 17.3 Å². The Morgan fingerprint density at radius 3 is 2.71 bits per heavy atom. The molecule has 0 saturated carbocycles. The van der Waals surface area contributed by atoms with E-state index >= 15 is 0 Å². The smallest absolute Gasteiger partial charge is 0.248 e. The number of methoxy groups -OCH3 is 1. The molecular weight excluding hydrogens is 356 g/mol. The molecule has 0 saturated heterocycles. The van der Waals surface area contributed by atoms with E-state index < -0.39 is 0 Å². The highest BCUT2D eigenvalue weighted by Gasteiger charge is 2.07. The van der Waals surface area contributed by atoms with Gasteiger partial charge in [-0.25, -0.2) is 9.67 Å². The Balaban J connectivity index is 1.63. The van der Waals surface area contributed by atoms with Crippen molar-refractivity contribution in [3.05, 3.63) is 66.6 Å². The van der Waals surface area contributed by atoms with Gasteiger partial charge in [-0.1, -0.05) is 6.07 Å². The second kappa shape index (κ2) is 8.85. The number of benzene rings is 1. The summed E-state index contributed by atoms with van der Waals surface area (Å²) in [5.41, 5.74) is 1.43. The largest absolute Gasteiger partial charge is 0.493 e. The van der Waals surface area contributed by atoms with Crippen LogP contribution in [0.2, 0.25) is 0 Å². The van der Waals surface area contributed by atoms with Crippen molar-refractivity contribution >= 4 is 17.7 Å². The van der Waals surface area contributed by atoms with Crippen molar-refractivity contribution in [2.75, 3.05) is 12.4 Å². The van der Waals surface area contributed by atoms with Gasteiger partial charge in [-0.2, -0.15) is 5.10 Å². The van der Waals surface area contributed by atoms with Crippen molar-refractivity contribution in [3.63, 3.8) is 0 Å². The van der Waals surface area contributed by atoms with Gasteiger partial charge in [-0.05, 0) is 55.8 Å². The monoisotopic (exact) mass is 378 g/mol. The molecular formula is C21H22N4O3. The van der Waals surface area contributed by atoms with E-state index in [1.807, 2.05) is 38.1 Å². The molecule has 1 N–H and O–H groups in total. The molecule has 3 rings (SSSR count). The average Bonchev–Trinajstić information content (AvgIpc) is 3.22. The molecule has 2 heterocycles. The zero-order valence-corrected chi connectivity index (χ0v) is 16.0. The molecule has 0 fully saturated rings. The number of rotatable bonds is 7. The number of nitrogens with zero attached hydrogens (tertiary/aromatic N) is 3. The Hall–Kier alpha value is -3.61. The number of pyridine rings is 1. The highest BCUT2D eigenvalue weighted by atomic mass is 16.5. The fourth-order valence-electron chi connectivity index (χ4n) is 2.49. The van der Waals surface area contributed by atoms with Gasteiger partial charge in [0.1, 0.15) is 0 Å². The molecule has 0 spiro atoms. The summed E-state index contributed by atoms with van der Waals surface area (Å²) in [4.78, 5) is 16.4. The molecule has 0 atom stereocenters. The van der Waals surface area contributed by atoms with Crippen molar-refractivity contribution in [2.24, 2.45) is 0 Å². The molecule has 7 heteroatoms. The summed E-state index contributed by atoms with van der Waals surface area (Å²) in [6.07, 6.45) is 8.29. The zero-order valence-electron chi connectivity index (χ0n) is 16.0. The maximum absolute atomic E-state index is 12.2. The molecule has 0 aliphatic heterocycles. The zero-order chi connectivity index (χ0) is 19.9. The number of carbonyl (C=O) groups is 1. The lowest BCUT2D eigenvalue weighted by molar-refractivity contribution is -0.111. The highest BCUT2D eigenvalue weighted by molar-refractivity contribution is 6.01. The van der Waals surface area contributed by atoms with Gasteiger partial charge in [-0.3, -0.25) is 4.79 Å². The van der Waals surface area contributed by atoms with E-state index in [2.05, 4.69) is 15.4 Å². The van der Waals surface area contributed by atoms with Gasteiger partial charge in [0.2, 0.25) is 5.91 Å². The number of ether oxygens (including phenoxy) is 2. The molecule has 0 aliphatic carbocycles. The normalized spacial score (nSPS) is 11.0. The van der Waals surface area contributed by atoms with Crippen LogP contribution in [0, 0.1) is 0 Å². The summed E-state index contributed by atoms with van der Waals surface area (Å²) in [6.45, 7) is 3.90. The van der Waals surface area contributed by atoms with Crippen molar-refractivity contribution < 1.29 is 14.3 Å². The van der Waals surface area contributed by atoms with Gasteiger partial charge < -0.3 is 14.8 Å². The molecule has 7 nitrogen and oxygen atoms in total. The predicted octanol–water partition coefficient (Wildman–Crippen LogP) is 3.72. The lowest BCUT2D eigenvalue weighted by Crippen LogP contribution is -2.08. The first-order valence-electron chi connectivity index (χ1n) is 8.85. The number of hydrogen-bond donors (Lipinski definition) is 1. The summed E-state index contributed by atoms with van der Waals surface area (Å²) >= 11 is 0. The molecule has 0 aliphatic rings. The third kappa shape index (κ3) is 4.97. The van der Waals surface area contributed by atoms with Gasteiger partial charge in [0, 0.05) is 18.5 Å². The minimum Gasteiger partial charge on any atom is -0.493 e. The number of nitrogens with one attached hydrogen (secondary N) is 1. The summed E-state index contributed by atoms with van der Waals surface area (Å²) in [5.74, 6) is 1.71. The van der Waals surface area contributed by atoms with Crippen molar-refractivity contribution in [2.45, 2.75) is 20.0 Å². The predicted molar refractivity (Wildman–Crippen MR) is 108 cm³/mol. The summed E-state index contributed by atoms with van der Waals surface area (Å²) < 4.78 is 12.7. The molecule has 2 aromatic heterocycles. The maximum Gasteiger partial charge on any atom is 0.248 e. The van der Waals surface area contributed by atoms with Crippen LogP contribution >= 0.6 is 0 Å². The summed E-state index contributed by atoms with van der Waals surface area (Å²) in [6, 6.07) is 10.9. The van der Waals surface area contributed by atoms with Crippen LogP contribution in [0.3, 0.4) is 0 Å². The first-order valence-corrected chi connectivity index (χ1v) is 8.85. The number of aromatic nitrogens is 3. The van der Waals surface area contributed by atoms with E-state index in [0.29, 0.717) is 23.0 Å². The maximum atomic E-state index is 12.2. The summed E-state index contributed by atoms with van der Waals surface area (Å²) in [5, 5.41) is 6.89. The molecule has 144 valence electrons. The minimum absolute atomic E-state index is 0.0503. The van der Waals surface area contributed by atoms with E-state index in [0.717, 1.165) is 5.56 Å². The Bertz CT molecular complexity index is 948. The van der Waals surface area contributed by atoms with Gasteiger partial charge in [0.25, 0.3) is 0 Å². The number of anilines is 1. The van der Waals surface area contributed by atoms with Gasteiger partial charge in [0.15, 0.2) is 17.3 Å². The standard InChI is InChI=1S/C21H22N4O3/c1-15(2)28-18-8-5-16(13-19(18)27-3)6-10-21(26)24-17-7-9-20(22-14-17)25-12-4-11-23-25/h4-15H,1-3H3,(H,24,26)/b10-6+. The number of carbonyl (C=O) groups excluding carboxylic acids is 1. The van der Waals surface area contributed by atoms with Crippen LogP contribution < -0.4 is 14.8 Å². The summed E-state index contributed by atoms with van der Waals surface area (Å²) in [7, 11) is 1.59. The quantitative estimate of drug-likeness (QED) is 0.634. The van der Waals surface area contributed by atoms with E-state index in [4.69, 9.17) is 9.47 Å². The fraction of sp³-hybridized carbons (Fsp3) is 0.190. The second-order valence-corrected chi connectivity index (χ2v) is 6.26. The van der Waals surface area contributed by atoms with Crippen LogP contribution in [0.1, 0.15) is 19.4 Å². The van der Waals surface area contributed by atoms with E-state index in [9.17, 15) is 4.79 Å². The van der Waals surface area contributed by atoms with Crippen LogP contribution in [0.4, 0.5) is 5.69 Å².